The summed E-state index contributed by atoms with van der Waals surface area (Å²) in [5, 5.41) is 20.2. The fourth-order valence-electron chi connectivity index (χ4n) is 3.38. The molecule has 0 aliphatic carbocycles. The van der Waals surface area contributed by atoms with E-state index in [1.165, 1.54) is 0 Å². The minimum absolute atomic E-state index is 0.0735. The molecule has 1 unspecified atom stereocenters. The Bertz CT molecular complexity index is 1050. The predicted octanol–water partition coefficient (Wildman–Crippen LogP) is 3.26. The molecule has 0 bridgehead atoms. The van der Waals surface area contributed by atoms with Gasteiger partial charge in [-0.1, -0.05) is 19.9 Å². The molecule has 1 aliphatic heterocycles. The van der Waals surface area contributed by atoms with Gasteiger partial charge >= 0.3 is 0 Å². The van der Waals surface area contributed by atoms with E-state index in [9.17, 15) is 19.1 Å². The van der Waals surface area contributed by atoms with Gasteiger partial charge in [0.25, 0.3) is 11.0 Å². The van der Waals surface area contributed by atoms with Crippen molar-refractivity contribution in [2.75, 3.05) is 32.9 Å². The second-order valence-electron chi connectivity index (χ2n) is 8.15. The molecule has 1 aliphatic rings. The van der Waals surface area contributed by atoms with Gasteiger partial charge in [0.15, 0.2) is 0 Å². The highest BCUT2D eigenvalue weighted by Crippen LogP contribution is 2.29. The number of nitrogens with one attached hydrogen (secondary N) is 2. The third-order valence-electron chi connectivity index (χ3n) is 5.58. The minimum Gasteiger partial charge on any atom is -0.493 e. The van der Waals surface area contributed by atoms with Gasteiger partial charge < -0.3 is 25.0 Å². The third kappa shape index (κ3) is 7.97. The SMILES string of the molecule is C=C(NC(=O)/C(C)=C(\C)C(=N)CCC)c1cc(S(=O)N2CC(OCCO[N+](=O)[O-])C2)ccc1OCC. The van der Waals surface area contributed by atoms with Crippen molar-refractivity contribution in [2.24, 2.45) is 0 Å². The number of allylic oxidation sites excluding steroid dienone is 1. The zero-order valence-electron chi connectivity index (χ0n) is 21.1. The van der Waals surface area contributed by atoms with E-state index in [0.29, 0.717) is 64.9 Å². The molecule has 2 rings (SSSR count). The van der Waals surface area contributed by atoms with Crippen LogP contribution in [0.2, 0.25) is 0 Å². The summed E-state index contributed by atoms with van der Waals surface area (Å²) >= 11 is 0. The second kappa shape index (κ2) is 13.9. The van der Waals surface area contributed by atoms with Crippen LogP contribution in [0.3, 0.4) is 0 Å². The molecule has 0 spiro atoms. The van der Waals surface area contributed by atoms with Crippen LogP contribution in [0.15, 0.2) is 40.8 Å². The van der Waals surface area contributed by atoms with Crippen LogP contribution in [0.25, 0.3) is 5.70 Å². The molecule has 1 aromatic rings. The predicted molar refractivity (Wildman–Crippen MR) is 136 cm³/mol. The number of nitrogens with zero attached hydrogens (tertiary/aromatic N) is 2. The van der Waals surface area contributed by atoms with Crippen molar-refractivity contribution in [3.8, 4) is 5.75 Å². The van der Waals surface area contributed by atoms with Crippen molar-refractivity contribution in [1.82, 2.24) is 9.62 Å². The Labute approximate surface area is 213 Å². The molecule has 12 heteroatoms. The summed E-state index contributed by atoms with van der Waals surface area (Å²) in [5.41, 5.74) is 2.29. The quantitative estimate of drug-likeness (QED) is 0.118. The summed E-state index contributed by atoms with van der Waals surface area (Å²) < 4.78 is 25.9. The van der Waals surface area contributed by atoms with Crippen LogP contribution in [0, 0.1) is 15.5 Å². The Morgan fingerprint density at radius 1 is 1.28 bits per heavy atom. The Kier molecular flexibility index (Phi) is 11.2. The van der Waals surface area contributed by atoms with E-state index >= 15 is 0 Å². The molecule has 1 saturated heterocycles. The highest BCUT2D eigenvalue weighted by atomic mass is 32.2. The summed E-state index contributed by atoms with van der Waals surface area (Å²) in [6.07, 6.45) is 1.22. The van der Waals surface area contributed by atoms with Crippen LogP contribution >= 0.6 is 0 Å². The second-order valence-corrected chi connectivity index (χ2v) is 9.63. The summed E-state index contributed by atoms with van der Waals surface area (Å²) in [5.74, 6) is 0.132. The molecule has 11 nitrogen and oxygen atoms in total. The van der Waals surface area contributed by atoms with Crippen molar-refractivity contribution < 1.29 is 28.4 Å². The van der Waals surface area contributed by atoms with Gasteiger partial charge in [-0.25, -0.2) is 8.51 Å². The van der Waals surface area contributed by atoms with Crippen LogP contribution in [0.1, 0.15) is 46.1 Å². The smallest absolute Gasteiger partial charge is 0.294 e. The normalized spacial score (nSPS) is 15.3. The minimum atomic E-state index is -1.49. The molecular weight excluding hydrogens is 488 g/mol. The molecule has 0 radical (unpaired) electrons. The van der Waals surface area contributed by atoms with Crippen molar-refractivity contribution in [3.63, 3.8) is 0 Å². The first-order valence-corrected chi connectivity index (χ1v) is 12.8. The van der Waals surface area contributed by atoms with Gasteiger partial charge in [0, 0.05) is 35.6 Å². The summed E-state index contributed by atoms with van der Waals surface area (Å²) in [6.45, 7) is 12.4. The summed E-state index contributed by atoms with van der Waals surface area (Å²) in [4.78, 5) is 27.7. The van der Waals surface area contributed by atoms with E-state index in [1.807, 2.05) is 13.8 Å². The van der Waals surface area contributed by atoms with Crippen molar-refractivity contribution in [1.29, 1.82) is 5.41 Å². The lowest BCUT2D eigenvalue weighted by Gasteiger charge is -2.37. The lowest BCUT2D eigenvalue weighted by Crippen LogP contribution is -2.52. The molecular formula is C24H34N4O7S. The van der Waals surface area contributed by atoms with Crippen LogP contribution in [-0.4, -0.2) is 64.2 Å². The molecule has 36 heavy (non-hydrogen) atoms. The van der Waals surface area contributed by atoms with Crippen LogP contribution < -0.4 is 10.1 Å². The van der Waals surface area contributed by atoms with E-state index in [-0.39, 0.29) is 25.2 Å². The summed E-state index contributed by atoms with van der Waals surface area (Å²) in [6, 6.07) is 5.06. The number of ether oxygens (including phenoxy) is 2. The maximum absolute atomic E-state index is 13.1. The van der Waals surface area contributed by atoms with E-state index in [1.54, 1.807) is 36.4 Å². The van der Waals surface area contributed by atoms with Gasteiger partial charge in [-0.3, -0.25) is 4.79 Å². The molecule has 1 amide bonds. The van der Waals surface area contributed by atoms with Crippen molar-refractivity contribution in [3.05, 3.63) is 51.6 Å². The lowest BCUT2D eigenvalue weighted by atomic mass is 10.0. The lowest BCUT2D eigenvalue weighted by molar-refractivity contribution is -0.758. The number of carbonyl (C=O) groups is 1. The van der Waals surface area contributed by atoms with Crippen LogP contribution in [-0.2, 0) is 25.4 Å². The van der Waals surface area contributed by atoms with Crippen molar-refractivity contribution in [2.45, 2.75) is 51.5 Å². The van der Waals surface area contributed by atoms with Gasteiger partial charge in [0.1, 0.15) is 23.3 Å². The average Bonchev–Trinajstić information content (AvgIpc) is 2.81. The highest BCUT2D eigenvalue weighted by Gasteiger charge is 2.32. The molecule has 1 fully saturated rings. The first-order valence-electron chi connectivity index (χ1n) is 11.7. The van der Waals surface area contributed by atoms with Gasteiger partial charge in [0.2, 0.25) is 0 Å². The maximum Gasteiger partial charge on any atom is 0.294 e. The Morgan fingerprint density at radius 2 is 1.97 bits per heavy atom. The molecule has 0 aromatic heterocycles. The number of hydrogen-bond acceptors (Lipinski definition) is 8. The average molecular weight is 523 g/mol. The van der Waals surface area contributed by atoms with Gasteiger partial charge in [0.05, 0.1) is 24.2 Å². The van der Waals surface area contributed by atoms with Crippen molar-refractivity contribution >= 4 is 28.3 Å². The Balaban J connectivity index is 2.08. The van der Waals surface area contributed by atoms with Crippen LogP contribution in [0.4, 0.5) is 0 Å². The van der Waals surface area contributed by atoms with E-state index in [0.717, 1.165) is 6.42 Å². The topological polar surface area (TPSA) is 144 Å². The van der Waals surface area contributed by atoms with Gasteiger partial charge in [-0.2, -0.15) is 0 Å². The largest absolute Gasteiger partial charge is 0.493 e. The first-order chi connectivity index (χ1) is 17.1. The molecule has 2 N–H and O–H groups in total. The van der Waals surface area contributed by atoms with Gasteiger partial charge in [-0.15, -0.1) is 10.1 Å². The zero-order chi connectivity index (χ0) is 26.8. The number of rotatable bonds is 15. The van der Waals surface area contributed by atoms with E-state index < -0.39 is 16.1 Å². The van der Waals surface area contributed by atoms with Gasteiger partial charge in [-0.05, 0) is 51.0 Å². The number of amides is 1. The standard InChI is InChI=1S/C24H34N4O7S/c1-6-8-22(25)16(3)17(4)24(29)26-18(5)21-13-20(9-10-23(21)33-7-2)36(32)27-14-19(15-27)34-11-12-35-28(30)31/h9-10,13,19,25H,5-8,11-12,14-15H2,1-4H3,(H,26,29)/b17-16+,25-22?. The number of carbonyl (C=O) groups excluding carboxylic acids is 1. The number of hydrogen-bond donors (Lipinski definition) is 2. The zero-order valence-corrected chi connectivity index (χ0v) is 21.9. The molecule has 1 aromatic carbocycles. The number of benzene rings is 1. The Hall–Kier alpha value is -3.09. The molecule has 198 valence electrons. The first kappa shape index (κ1) is 29.1. The third-order valence-corrected chi connectivity index (χ3v) is 7.00. The van der Waals surface area contributed by atoms with Crippen LogP contribution in [0.5, 0.6) is 5.75 Å². The van der Waals surface area contributed by atoms with E-state index in [2.05, 4.69) is 16.7 Å². The molecule has 0 saturated carbocycles. The monoisotopic (exact) mass is 522 g/mol. The highest BCUT2D eigenvalue weighted by molar-refractivity contribution is 7.82. The maximum atomic E-state index is 13.1. The van der Waals surface area contributed by atoms with E-state index in [4.69, 9.17) is 14.9 Å². The fraction of sp³-hybridized carbons (Fsp3) is 0.500. The Morgan fingerprint density at radius 3 is 2.58 bits per heavy atom. The molecule has 1 heterocycles. The fourth-order valence-corrected chi connectivity index (χ4v) is 4.69. The summed E-state index contributed by atoms with van der Waals surface area (Å²) in [7, 11) is -1.49. The molecule has 1 atom stereocenters.